The van der Waals surface area contributed by atoms with Crippen molar-refractivity contribution in [3.8, 4) is 0 Å². The minimum Gasteiger partial charge on any atom is -0.478 e. The molecule has 0 saturated heterocycles. The van der Waals surface area contributed by atoms with E-state index in [-0.39, 0.29) is 35.9 Å². The smallest absolute Gasteiger partial charge is 0.330 e. The van der Waals surface area contributed by atoms with Crippen LogP contribution >= 0.6 is 0 Å². The monoisotopic (exact) mass is 392 g/mol. The van der Waals surface area contributed by atoms with Gasteiger partial charge in [0.05, 0.1) is 12.7 Å². The normalized spacial score (nSPS) is 10.8. The zero-order valence-electron chi connectivity index (χ0n) is 16.3. The van der Waals surface area contributed by atoms with Crippen LogP contribution in [-0.2, 0) is 14.4 Å². The molecule has 0 aromatic rings. The van der Waals surface area contributed by atoms with Gasteiger partial charge in [0.15, 0.2) is 0 Å². The molecule has 6 N–H and O–H groups in total. The van der Waals surface area contributed by atoms with Crippen molar-refractivity contribution in [1.29, 1.82) is 0 Å². The highest BCUT2D eigenvalue weighted by molar-refractivity contribution is 5.85. The molecule has 0 radical (unpaired) electrons. The molecule has 0 spiro atoms. The molecule has 0 aliphatic heterocycles. The summed E-state index contributed by atoms with van der Waals surface area (Å²) in [5, 5.41) is 49.5. The van der Waals surface area contributed by atoms with Crippen molar-refractivity contribution in [2.75, 3.05) is 13.2 Å². The van der Waals surface area contributed by atoms with Crippen molar-refractivity contribution in [3.63, 3.8) is 0 Å². The van der Waals surface area contributed by atoms with E-state index in [9.17, 15) is 14.4 Å². The highest BCUT2D eigenvalue weighted by Gasteiger charge is 2.14. The SMILES string of the molecule is C=C(C)C(=O)O.C=C(C)C(=O)O.C=C(C)C(=O)O.CCC(CO)C(O)CO. The Hall–Kier alpha value is -2.49. The molecule has 0 aromatic carbocycles. The van der Waals surface area contributed by atoms with Crippen LogP contribution in [0.5, 0.6) is 0 Å². The van der Waals surface area contributed by atoms with E-state index >= 15 is 0 Å². The molecule has 2 unspecified atom stereocenters. The van der Waals surface area contributed by atoms with E-state index in [0.717, 1.165) is 0 Å². The predicted octanol–water partition coefficient (Wildman–Crippen LogP) is 1.30. The summed E-state index contributed by atoms with van der Waals surface area (Å²) in [6.07, 6.45) is -0.0712. The van der Waals surface area contributed by atoms with Crippen LogP contribution < -0.4 is 0 Å². The second-order valence-electron chi connectivity index (χ2n) is 5.36. The minimum atomic E-state index is -0.935. The molecule has 27 heavy (non-hydrogen) atoms. The molecule has 0 aliphatic rings. The van der Waals surface area contributed by atoms with Crippen LogP contribution in [0, 0.1) is 5.92 Å². The van der Waals surface area contributed by atoms with Gasteiger partial charge in [-0.25, -0.2) is 14.4 Å². The van der Waals surface area contributed by atoms with Crippen LogP contribution in [0.1, 0.15) is 34.1 Å². The van der Waals surface area contributed by atoms with Gasteiger partial charge in [0.1, 0.15) is 0 Å². The van der Waals surface area contributed by atoms with Gasteiger partial charge in [0.2, 0.25) is 0 Å². The summed E-state index contributed by atoms with van der Waals surface area (Å²) in [7, 11) is 0. The summed E-state index contributed by atoms with van der Waals surface area (Å²) >= 11 is 0. The van der Waals surface area contributed by atoms with Gasteiger partial charge in [-0.2, -0.15) is 0 Å². The lowest BCUT2D eigenvalue weighted by Gasteiger charge is -2.15. The second-order valence-corrected chi connectivity index (χ2v) is 5.36. The first-order valence-electron chi connectivity index (χ1n) is 7.75. The Balaban J connectivity index is -0.000000133. The van der Waals surface area contributed by atoms with Gasteiger partial charge in [-0.3, -0.25) is 0 Å². The summed E-state index contributed by atoms with van der Waals surface area (Å²) in [5.41, 5.74) is 0.528. The average Bonchev–Trinajstić information content (AvgIpc) is 2.57. The van der Waals surface area contributed by atoms with Crippen LogP contribution in [0.25, 0.3) is 0 Å². The Bertz CT molecular complexity index is 398. The standard InChI is InChI=1S/C6H14O3.3C4H6O2/c1-2-5(3-7)6(9)4-8;3*1-3(2)4(5)6/h5-9H,2-4H2,1H3;3*1H2,2H3,(H,5,6). The third kappa shape index (κ3) is 28.6. The lowest BCUT2D eigenvalue weighted by molar-refractivity contribution is -0.133. The van der Waals surface area contributed by atoms with Crippen LogP contribution in [0.2, 0.25) is 0 Å². The van der Waals surface area contributed by atoms with Crippen molar-refractivity contribution in [3.05, 3.63) is 36.5 Å². The van der Waals surface area contributed by atoms with Gasteiger partial charge in [-0.1, -0.05) is 26.7 Å². The fourth-order valence-electron chi connectivity index (χ4n) is 0.672. The van der Waals surface area contributed by atoms with Crippen molar-refractivity contribution in [2.45, 2.75) is 40.2 Å². The van der Waals surface area contributed by atoms with Gasteiger partial charge in [-0.15, -0.1) is 0 Å². The first-order valence-corrected chi connectivity index (χ1v) is 7.75. The van der Waals surface area contributed by atoms with Crippen molar-refractivity contribution >= 4 is 17.9 Å². The highest BCUT2D eigenvalue weighted by Crippen LogP contribution is 2.06. The zero-order valence-corrected chi connectivity index (χ0v) is 16.3. The molecule has 0 amide bonds. The Labute approximate surface area is 159 Å². The molecule has 0 aromatic heterocycles. The number of carboxylic acid groups (broad SMARTS) is 3. The molecule has 0 bridgehead atoms. The highest BCUT2D eigenvalue weighted by atomic mass is 16.4. The molecular weight excluding hydrogens is 360 g/mol. The number of rotatable bonds is 7. The first-order chi connectivity index (χ1) is 12.2. The molecule has 2 atom stereocenters. The Kier molecular flexibility index (Phi) is 23.7. The number of aliphatic carboxylic acids is 3. The van der Waals surface area contributed by atoms with Crippen LogP contribution in [-0.4, -0.2) is 67.9 Å². The first kappa shape index (κ1) is 32.2. The predicted molar refractivity (Wildman–Crippen MR) is 101 cm³/mol. The average molecular weight is 392 g/mol. The van der Waals surface area contributed by atoms with Gasteiger partial charge in [0.25, 0.3) is 0 Å². The lowest BCUT2D eigenvalue weighted by atomic mass is 10.0. The molecule has 0 fully saturated rings. The maximum atomic E-state index is 9.60. The molecule has 9 nitrogen and oxygen atoms in total. The van der Waals surface area contributed by atoms with E-state index in [1.165, 1.54) is 20.8 Å². The molecule has 9 heteroatoms. The number of hydrogen-bond donors (Lipinski definition) is 6. The topological polar surface area (TPSA) is 173 Å². The van der Waals surface area contributed by atoms with E-state index in [4.69, 9.17) is 30.6 Å². The largest absolute Gasteiger partial charge is 0.478 e. The Morgan fingerprint density at radius 1 is 0.741 bits per heavy atom. The summed E-state index contributed by atoms with van der Waals surface area (Å²) in [6.45, 7) is 15.3. The molecular formula is C18H32O9. The van der Waals surface area contributed by atoms with Crippen molar-refractivity contribution in [2.24, 2.45) is 5.92 Å². The van der Waals surface area contributed by atoms with Gasteiger partial charge in [-0.05, 0) is 27.2 Å². The summed E-state index contributed by atoms with van der Waals surface area (Å²) < 4.78 is 0. The van der Waals surface area contributed by atoms with Gasteiger partial charge < -0.3 is 30.6 Å². The maximum absolute atomic E-state index is 9.60. The summed E-state index contributed by atoms with van der Waals surface area (Å²) in [5.74, 6) is -2.98. The number of carbonyl (C=O) groups is 3. The summed E-state index contributed by atoms with van der Waals surface area (Å²) in [6, 6.07) is 0. The van der Waals surface area contributed by atoms with E-state index in [1.807, 2.05) is 6.92 Å². The minimum absolute atomic E-state index is 0.0573. The van der Waals surface area contributed by atoms with E-state index < -0.39 is 24.0 Å². The third-order valence-corrected chi connectivity index (χ3v) is 2.59. The molecule has 0 heterocycles. The summed E-state index contributed by atoms with van der Waals surface area (Å²) in [4.78, 5) is 28.8. The molecule has 0 aliphatic carbocycles. The second kappa shape index (κ2) is 19.8. The van der Waals surface area contributed by atoms with E-state index in [1.54, 1.807) is 0 Å². The quantitative estimate of drug-likeness (QED) is 0.349. The lowest BCUT2D eigenvalue weighted by Crippen LogP contribution is -2.26. The number of aliphatic hydroxyl groups excluding tert-OH is 3. The third-order valence-electron chi connectivity index (χ3n) is 2.59. The molecule has 0 rings (SSSR count). The van der Waals surface area contributed by atoms with Crippen molar-refractivity contribution in [1.82, 2.24) is 0 Å². The zero-order chi connectivity index (χ0) is 22.7. The number of carboxylic acids is 3. The van der Waals surface area contributed by atoms with Gasteiger partial charge >= 0.3 is 17.9 Å². The molecule has 158 valence electrons. The van der Waals surface area contributed by atoms with E-state index in [0.29, 0.717) is 6.42 Å². The fraction of sp³-hybridized carbons (Fsp3) is 0.500. The Morgan fingerprint density at radius 2 is 0.963 bits per heavy atom. The fourth-order valence-corrected chi connectivity index (χ4v) is 0.672. The Morgan fingerprint density at radius 3 is 1.00 bits per heavy atom. The number of hydrogen-bond acceptors (Lipinski definition) is 6. The molecule has 0 saturated carbocycles. The maximum Gasteiger partial charge on any atom is 0.330 e. The number of aliphatic hydroxyl groups is 3. The van der Waals surface area contributed by atoms with Crippen LogP contribution in [0.15, 0.2) is 36.5 Å². The van der Waals surface area contributed by atoms with Crippen molar-refractivity contribution < 1.29 is 45.0 Å². The van der Waals surface area contributed by atoms with Crippen LogP contribution in [0.3, 0.4) is 0 Å². The van der Waals surface area contributed by atoms with Crippen LogP contribution in [0.4, 0.5) is 0 Å². The van der Waals surface area contributed by atoms with E-state index in [2.05, 4.69) is 19.7 Å². The van der Waals surface area contributed by atoms with Gasteiger partial charge in [0, 0.05) is 29.2 Å².